The van der Waals surface area contributed by atoms with E-state index >= 15 is 0 Å². The largest absolute Gasteiger partial charge is 0.481 e. The van der Waals surface area contributed by atoms with Crippen LogP contribution in [0.5, 0.6) is 5.88 Å². The lowest BCUT2D eigenvalue weighted by Gasteiger charge is -2.43. The van der Waals surface area contributed by atoms with Gasteiger partial charge in [-0.15, -0.1) is 0 Å². The van der Waals surface area contributed by atoms with Crippen LogP contribution >= 0.6 is 0 Å². The monoisotopic (exact) mass is 359 g/mol. The van der Waals surface area contributed by atoms with Gasteiger partial charge in [0.05, 0.1) is 13.2 Å². The van der Waals surface area contributed by atoms with Crippen LogP contribution in [0.2, 0.25) is 0 Å². The van der Waals surface area contributed by atoms with Gasteiger partial charge in [-0.05, 0) is 38.5 Å². The number of amides is 1. The van der Waals surface area contributed by atoms with Crippen LogP contribution in [0.1, 0.15) is 38.5 Å². The van der Waals surface area contributed by atoms with Crippen molar-refractivity contribution in [2.45, 2.75) is 56.7 Å². The van der Waals surface area contributed by atoms with E-state index in [9.17, 15) is 4.79 Å². The van der Waals surface area contributed by atoms with Gasteiger partial charge in [-0.3, -0.25) is 9.69 Å². The van der Waals surface area contributed by atoms with Gasteiger partial charge in [-0.2, -0.15) is 0 Å². The first kappa shape index (κ1) is 17.5. The zero-order valence-corrected chi connectivity index (χ0v) is 15.8. The molecule has 0 radical (unpaired) electrons. The maximum Gasteiger partial charge on any atom is 0.239 e. The van der Waals surface area contributed by atoms with Crippen molar-refractivity contribution >= 4 is 11.7 Å². The fourth-order valence-corrected chi connectivity index (χ4v) is 4.43. The van der Waals surface area contributed by atoms with Gasteiger partial charge < -0.3 is 14.5 Å². The minimum absolute atomic E-state index is 0.0863. The van der Waals surface area contributed by atoms with Gasteiger partial charge in [0, 0.05) is 44.8 Å². The highest BCUT2D eigenvalue weighted by molar-refractivity contribution is 5.82. The minimum Gasteiger partial charge on any atom is -0.481 e. The van der Waals surface area contributed by atoms with E-state index in [1.165, 1.54) is 12.8 Å². The SMILES string of the molecule is COc1cc(N(C2CC2)C2CCN(C3CCCN(C)C3=O)CC2)ncn1. The lowest BCUT2D eigenvalue weighted by atomic mass is 9.97. The Morgan fingerprint density at radius 2 is 1.81 bits per heavy atom. The van der Waals surface area contributed by atoms with Crippen molar-refractivity contribution in [3.63, 3.8) is 0 Å². The van der Waals surface area contributed by atoms with Crippen LogP contribution in [0, 0.1) is 0 Å². The Morgan fingerprint density at radius 1 is 1.08 bits per heavy atom. The summed E-state index contributed by atoms with van der Waals surface area (Å²) in [6.07, 6.45) is 8.34. The molecule has 1 unspecified atom stereocenters. The van der Waals surface area contributed by atoms with E-state index in [2.05, 4.69) is 19.8 Å². The number of carbonyl (C=O) groups excluding carboxylic acids is 1. The number of piperidine rings is 2. The van der Waals surface area contributed by atoms with Crippen LogP contribution in [-0.2, 0) is 4.79 Å². The summed E-state index contributed by atoms with van der Waals surface area (Å²) in [5.41, 5.74) is 0. The van der Waals surface area contributed by atoms with Crippen molar-refractivity contribution in [2.75, 3.05) is 38.7 Å². The highest BCUT2D eigenvalue weighted by Gasteiger charge is 2.39. The Balaban J connectivity index is 1.43. The fourth-order valence-electron chi connectivity index (χ4n) is 4.43. The van der Waals surface area contributed by atoms with E-state index in [1.807, 2.05) is 18.0 Å². The second-order valence-electron chi connectivity index (χ2n) is 7.74. The van der Waals surface area contributed by atoms with Gasteiger partial charge in [-0.1, -0.05) is 0 Å². The molecule has 7 nitrogen and oxygen atoms in total. The lowest BCUT2D eigenvalue weighted by molar-refractivity contribution is -0.139. The predicted molar refractivity (Wildman–Crippen MR) is 99.3 cm³/mol. The smallest absolute Gasteiger partial charge is 0.239 e. The van der Waals surface area contributed by atoms with Crippen LogP contribution in [-0.4, -0.2) is 77.6 Å². The second kappa shape index (κ2) is 7.39. The number of hydrogen-bond donors (Lipinski definition) is 0. The molecule has 1 atom stereocenters. The Bertz CT molecular complexity index is 643. The van der Waals surface area contributed by atoms with E-state index in [4.69, 9.17) is 4.74 Å². The molecule has 26 heavy (non-hydrogen) atoms. The van der Waals surface area contributed by atoms with E-state index in [0.29, 0.717) is 23.9 Å². The highest BCUT2D eigenvalue weighted by Crippen LogP contribution is 2.36. The first-order valence-electron chi connectivity index (χ1n) is 9.81. The molecule has 4 rings (SSSR count). The molecule has 3 heterocycles. The summed E-state index contributed by atoms with van der Waals surface area (Å²) in [5.74, 6) is 1.90. The fraction of sp³-hybridized carbons (Fsp3) is 0.737. The molecule has 0 N–H and O–H groups in total. The average Bonchev–Trinajstić information content (AvgIpc) is 3.50. The number of rotatable bonds is 5. The molecule has 0 aromatic carbocycles. The zero-order chi connectivity index (χ0) is 18.1. The van der Waals surface area contributed by atoms with E-state index < -0.39 is 0 Å². The first-order valence-corrected chi connectivity index (χ1v) is 9.81. The van der Waals surface area contributed by atoms with E-state index in [1.54, 1.807) is 13.4 Å². The highest BCUT2D eigenvalue weighted by atomic mass is 16.5. The molecular formula is C19H29N5O2. The third-order valence-corrected chi connectivity index (χ3v) is 6.01. The lowest BCUT2D eigenvalue weighted by Crippen LogP contribution is -2.55. The van der Waals surface area contributed by atoms with Crippen molar-refractivity contribution in [3.8, 4) is 5.88 Å². The summed E-state index contributed by atoms with van der Waals surface area (Å²) in [6.45, 7) is 2.87. The van der Waals surface area contributed by atoms with Gasteiger partial charge >= 0.3 is 0 Å². The molecule has 1 saturated carbocycles. The van der Waals surface area contributed by atoms with Gasteiger partial charge in [-0.25, -0.2) is 9.97 Å². The standard InChI is InChI=1S/C19H29N5O2/c1-22-9-3-4-16(19(22)25)23-10-7-15(8-11-23)24(14-5-6-14)17-12-18(26-2)21-13-20-17/h12-16H,3-11H2,1-2H3. The molecule has 142 valence electrons. The molecule has 2 saturated heterocycles. The van der Waals surface area contributed by atoms with Crippen molar-refractivity contribution in [2.24, 2.45) is 0 Å². The van der Waals surface area contributed by atoms with Crippen LogP contribution in [0.3, 0.4) is 0 Å². The third-order valence-electron chi connectivity index (χ3n) is 6.01. The second-order valence-corrected chi connectivity index (χ2v) is 7.74. The first-order chi connectivity index (χ1) is 12.7. The molecule has 1 aromatic heterocycles. The molecule has 7 heteroatoms. The Hall–Kier alpha value is -1.89. The molecule has 1 amide bonds. The third kappa shape index (κ3) is 3.49. The summed E-state index contributed by atoms with van der Waals surface area (Å²) in [5, 5.41) is 0. The van der Waals surface area contributed by atoms with Crippen LogP contribution in [0.4, 0.5) is 5.82 Å². The normalized spacial score (nSPS) is 25.4. The summed E-state index contributed by atoms with van der Waals surface area (Å²) >= 11 is 0. The van der Waals surface area contributed by atoms with E-state index in [-0.39, 0.29) is 6.04 Å². The number of likely N-dealkylation sites (N-methyl/N-ethyl adjacent to an activating group) is 1. The van der Waals surface area contributed by atoms with Crippen LogP contribution in [0.25, 0.3) is 0 Å². The summed E-state index contributed by atoms with van der Waals surface area (Å²) in [7, 11) is 3.57. The van der Waals surface area contributed by atoms with Gasteiger partial charge in [0.2, 0.25) is 11.8 Å². The van der Waals surface area contributed by atoms with Gasteiger partial charge in [0.15, 0.2) is 0 Å². The number of aromatic nitrogens is 2. The molecule has 2 aliphatic heterocycles. The minimum atomic E-state index is 0.0863. The number of carbonyl (C=O) groups is 1. The van der Waals surface area contributed by atoms with Crippen molar-refractivity contribution in [1.82, 2.24) is 19.8 Å². The maximum atomic E-state index is 12.5. The average molecular weight is 359 g/mol. The zero-order valence-electron chi connectivity index (χ0n) is 15.8. The number of hydrogen-bond acceptors (Lipinski definition) is 6. The summed E-state index contributed by atoms with van der Waals surface area (Å²) in [4.78, 5) is 27.9. The van der Waals surface area contributed by atoms with Crippen LogP contribution < -0.4 is 9.64 Å². The molecule has 0 spiro atoms. The number of methoxy groups -OCH3 is 1. The summed E-state index contributed by atoms with van der Waals surface area (Å²) in [6, 6.07) is 3.11. The molecule has 3 fully saturated rings. The van der Waals surface area contributed by atoms with Gasteiger partial charge in [0.1, 0.15) is 12.1 Å². The predicted octanol–water partition coefficient (Wildman–Crippen LogP) is 1.54. The van der Waals surface area contributed by atoms with Crippen molar-refractivity contribution in [3.05, 3.63) is 12.4 Å². The van der Waals surface area contributed by atoms with Crippen LogP contribution in [0.15, 0.2) is 12.4 Å². The molecule has 0 bridgehead atoms. The number of ether oxygens (including phenoxy) is 1. The Kier molecular flexibility index (Phi) is 4.98. The number of likely N-dealkylation sites (tertiary alicyclic amines) is 2. The quantitative estimate of drug-likeness (QED) is 0.795. The molecule has 1 aliphatic carbocycles. The molecular weight excluding hydrogens is 330 g/mol. The Morgan fingerprint density at radius 3 is 2.50 bits per heavy atom. The van der Waals surface area contributed by atoms with E-state index in [0.717, 1.165) is 51.1 Å². The van der Waals surface area contributed by atoms with Gasteiger partial charge in [0.25, 0.3) is 0 Å². The molecule has 3 aliphatic rings. The van der Waals surface area contributed by atoms with Crippen molar-refractivity contribution < 1.29 is 9.53 Å². The topological polar surface area (TPSA) is 61.8 Å². The summed E-state index contributed by atoms with van der Waals surface area (Å²) < 4.78 is 5.28. The number of nitrogens with zero attached hydrogens (tertiary/aromatic N) is 5. The van der Waals surface area contributed by atoms with Crippen molar-refractivity contribution in [1.29, 1.82) is 0 Å². The number of anilines is 1. The maximum absolute atomic E-state index is 12.5. The Labute approximate surface area is 155 Å². The molecule has 1 aromatic rings.